The SMILES string of the molecule is O=c1[nH]nc(Sc2cc(Br)nc(C3CC3)n2)n1C1CC1. The lowest BCUT2D eigenvalue weighted by molar-refractivity contribution is 0.642. The van der Waals surface area contributed by atoms with Gasteiger partial charge in [0.2, 0.25) is 0 Å². The fourth-order valence-corrected chi connectivity index (χ4v) is 3.57. The van der Waals surface area contributed by atoms with Gasteiger partial charge >= 0.3 is 5.69 Å². The molecule has 8 heteroatoms. The monoisotopic (exact) mass is 353 g/mol. The topological polar surface area (TPSA) is 76.5 Å². The average Bonchev–Trinajstić information content (AvgIpc) is 3.30. The molecular formula is C12H12BrN5OS. The molecule has 0 radical (unpaired) electrons. The van der Waals surface area contributed by atoms with Crippen molar-refractivity contribution in [1.29, 1.82) is 0 Å². The van der Waals surface area contributed by atoms with Gasteiger partial charge in [-0.3, -0.25) is 4.57 Å². The Morgan fingerprint density at radius 2 is 2.10 bits per heavy atom. The fraction of sp³-hybridized carbons (Fsp3) is 0.500. The Hall–Kier alpha value is -1.15. The van der Waals surface area contributed by atoms with Crippen LogP contribution in [-0.2, 0) is 0 Å². The maximum absolute atomic E-state index is 11.8. The molecule has 2 heterocycles. The van der Waals surface area contributed by atoms with Gasteiger partial charge in [-0.25, -0.2) is 19.9 Å². The number of H-pyrrole nitrogens is 1. The molecule has 0 saturated heterocycles. The van der Waals surface area contributed by atoms with Crippen LogP contribution < -0.4 is 5.69 Å². The van der Waals surface area contributed by atoms with Gasteiger partial charge in [-0.05, 0) is 53.4 Å². The lowest BCUT2D eigenvalue weighted by atomic mass is 10.4. The van der Waals surface area contributed by atoms with Crippen molar-refractivity contribution >= 4 is 27.7 Å². The molecular weight excluding hydrogens is 342 g/mol. The standard InChI is InChI=1S/C12H12BrN5OS/c13-8-5-9(15-10(14-8)6-1-2-6)20-12-17-16-11(19)18(12)7-3-4-7/h5-7H,1-4H2,(H,16,19). The zero-order valence-electron chi connectivity index (χ0n) is 10.5. The number of nitrogens with one attached hydrogen (secondary N) is 1. The van der Waals surface area contributed by atoms with Crippen molar-refractivity contribution in [2.45, 2.75) is 47.8 Å². The second-order valence-corrected chi connectivity index (χ2v) is 6.98. The molecule has 0 spiro atoms. The van der Waals surface area contributed by atoms with Crippen molar-refractivity contribution in [3.63, 3.8) is 0 Å². The van der Waals surface area contributed by atoms with Gasteiger partial charge in [0.1, 0.15) is 15.5 Å². The van der Waals surface area contributed by atoms with Gasteiger partial charge in [-0.15, -0.1) is 5.10 Å². The van der Waals surface area contributed by atoms with Crippen molar-refractivity contribution < 1.29 is 0 Å². The van der Waals surface area contributed by atoms with E-state index in [1.54, 1.807) is 4.57 Å². The van der Waals surface area contributed by atoms with Gasteiger partial charge in [0.15, 0.2) is 5.16 Å². The molecule has 2 saturated carbocycles. The minimum Gasteiger partial charge on any atom is -0.267 e. The first kappa shape index (κ1) is 12.6. The molecule has 2 fully saturated rings. The van der Waals surface area contributed by atoms with E-state index in [1.807, 2.05) is 6.07 Å². The van der Waals surface area contributed by atoms with Crippen LogP contribution >= 0.6 is 27.7 Å². The van der Waals surface area contributed by atoms with Gasteiger partial charge in [0.05, 0.1) is 0 Å². The minimum atomic E-state index is -0.134. The predicted octanol–water partition coefficient (Wildman–Crippen LogP) is 2.49. The van der Waals surface area contributed by atoms with Crippen molar-refractivity contribution in [2.24, 2.45) is 0 Å². The predicted molar refractivity (Wildman–Crippen MR) is 76.9 cm³/mol. The van der Waals surface area contributed by atoms with Crippen LogP contribution in [0.15, 0.2) is 25.6 Å². The van der Waals surface area contributed by atoms with Crippen molar-refractivity contribution in [1.82, 2.24) is 24.7 Å². The van der Waals surface area contributed by atoms with Crippen LogP contribution in [-0.4, -0.2) is 24.7 Å². The molecule has 6 nitrogen and oxygen atoms in total. The first-order valence-corrected chi connectivity index (χ1v) is 8.21. The maximum Gasteiger partial charge on any atom is 0.344 e. The highest BCUT2D eigenvalue weighted by molar-refractivity contribution is 9.10. The molecule has 0 aliphatic heterocycles. The molecule has 0 aromatic carbocycles. The van der Waals surface area contributed by atoms with Gasteiger partial charge in [-0.1, -0.05) is 0 Å². The Bertz CT molecular complexity index is 719. The first-order valence-electron chi connectivity index (χ1n) is 6.60. The number of aromatic amines is 1. The Kier molecular flexibility index (Phi) is 2.95. The number of hydrogen-bond donors (Lipinski definition) is 1. The number of halogens is 1. The third-order valence-electron chi connectivity index (χ3n) is 3.41. The van der Waals surface area contributed by atoms with Gasteiger partial charge in [0, 0.05) is 18.0 Å². The number of aromatic nitrogens is 5. The van der Waals surface area contributed by atoms with Gasteiger partial charge < -0.3 is 0 Å². The summed E-state index contributed by atoms with van der Waals surface area (Å²) in [6, 6.07) is 2.17. The van der Waals surface area contributed by atoms with E-state index < -0.39 is 0 Å². The highest BCUT2D eigenvalue weighted by atomic mass is 79.9. The first-order chi connectivity index (χ1) is 9.70. The summed E-state index contributed by atoms with van der Waals surface area (Å²) in [5, 5.41) is 8.14. The molecule has 4 rings (SSSR count). The highest BCUT2D eigenvalue weighted by Gasteiger charge is 2.30. The highest BCUT2D eigenvalue weighted by Crippen LogP contribution is 2.40. The quantitative estimate of drug-likeness (QED) is 0.854. The summed E-state index contributed by atoms with van der Waals surface area (Å²) in [5.74, 6) is 1.38. The van der Waals surface area contributed by atoms with Crippen LogP contribution in [0.1, 0.15) is 43.5 Å². The normalized spacial score (nSPS) is 18.4. The van der Waals surface area contributed by atoms with E-state index in [4.69, 9.17) is 0 Å². The Labute approximate surface area is 127 Å². The van der Waals surface area contributed by atoms with E-state index in [2.05, 4.69) is 36.1 Å². The van der Waals surface area contributed by atoms with Crippen LogP contribution in [0, 0.1) is 0 Å². The van der Waals surface area contributed by atoms with Gasteiger partial charge in [0.25, 0.3) is 0 Å². The lowest BCUT2D eigenvalue weighted by Crippen LogP contribution is -2.16. The third-order valence-corrected chi connectivity index (χ3v) is 4.71. The van der Waals surface area contributed by atoms with E-state index in [-0.39, 0.29) is 5.69 Å². The van der Waals surface area contributed by atoms with Crippen molar-refractivity contribution in [3.8, 4) is 0 Å². The van der Waals surface area contributed by atoms with Crippen LogP contribution in [0.25, 0.3) is 0 Å². The van der Waals surface area contributed by atoms with Gasteiger partial charge in [-0.2, -0.15) is 0 Å². The summed E-state index contributed by atoms with van der Waals surface area (Å²) in [7, 11) is 0. The van der Waals surface area contributed by atoms with Crippen LogP contribution in [0.2, 0.25) is 0 Å². The smallest absolute Gasteiger partial charge is 0.267 e. The molecule has 2 aromatic rings. The number of nitrogens with zero attached hydrogens (tertiary/aromatic N) is 4. The zero-order valence-corrected chi connectivity index (χ0v) is 12.9. The maximum atomic E-state index is 11.8. The summed E-state index contributed by atoms with van der Waals surface area (Å²) >= 11 is 4.84. The molecule has 104 valence electrons. The summed E-state index contributed by atoms with van der Waals surface area (Å²) in [4.78, 5) is 20.7. The molecule has 2 aliphatic rings. The fourth-order valence-electron chi connectivity index (χ4n) is 2.10. The summed E-state index contributed by atoms with van der Waals surface area (Å²) in [6.07, 6.45) is 4.42. The minimum absolute atomic E-state index is 0.134. The van der Waals surface area contributed by atoms with E-state index in [0.29, 0.717) is 17.1 Å². The summed E-state index contributed by atoms with van der Waals surface area (Å²) < 4.78 is 2.52. The second kappa shape index (κ2) is 4.70. The second-order valence-electron chi connectivity index (χ2n) is 5.18. The van der Waals surface area contributed by atoms with E-state index >= 15 is 0 Å². The van der Waals surface area contributed by atoms with Crippen LogP contribution in [0.5, 0.6) is 0 Å². The molecule has 0 unspecified atom stereocenters. The summed E-state index contributed by atoms with van der Waals surface area (Å²) in [6.45, 7) is 0. The van der Waals surface area contributed by atoms with E-state index in [0.717, 1.165) is 41.1 Å². The molecule has 0 amide bonds. The van der Waals surface area contributed by atoms with Crippen molar-refractivity contribution in [3.05, 3.63) is 27.0 Å². The largest absolute Gasteiger partial charge is 0.344 e. The van der Waals surface area contributed by atoms with Crippen LogP contribution in [0.4, 0.5) is 0 Å². The lowest BCUT2D eigenvalue weighted by Gasteiger charge is -2.05. The molecule has 20 heavy (non-hydrogen) atoms. The Morgan fingerprint density at radius 3 is 2.80 bits per heavy atom. The Balaban J connectivity index is 1.67. The van der Waals surface area contributed by atoms with Crippen LogP contribution in [0.3, 0.4) is 0 Å². The Morgan fingerprint density at radius 1 is 1.30 bits per heavy atom. The molecule has 1 N–H and O–H groups in total. The molecule has 0 atom stereocenters. The summed E-state index contributed by atoms with van der Waals surface area (Å²) in [5.41, 5.74) is -0.134. The van der Waals surface area contributed by atoms with E-state index in [9.17, 15) is 4.79 Å². The third kappa shape index (κ3) is 2.42. The van der Waals surface area contributed by atoms with E-state index in [1.165, 1.54) is 11.8 Å². The average molecular weight is 354 g/mol. The molecule has 0 bridgehead atoms. The molecule has 2 aromatic heterocycles. The van der Waals surface area contributed by atoms with Crippen molar-refractivity contribution in [2.75, 3.05) is 0 Å². The number of rotatable bonds is 4. The number of hydrogen-bond acceptors (Lipinski definition) is 5. The zero-order chi connectivity index (χ0) is 13.7. The molecule has 2 aliphatic carbocycles.